The monoisotopic (exact) mass is 442 g/mol. The van der Waals surface area contributed by atoms with E-state index in [1.807, 2.05) is 18.2 Å². The molecule has 0 amide bonds. The molecule has 2 aliphatic rings. The lowest BCUT2D eigenvalue weighted by molar-refractivity contribution is 0.173. The fourth-order valence-corrected chi connectivity index (χ4v) is 4.14. The molecule has 2 atom stereocenters. The normalized spacial score (nSPS) is 23.8. The van der Waals surface area contributed by atoms with E-state index in [0.717, 1.165) is 80.9 Å². The second-order valence-electron chi connectivity index (χ2n) is 7.51. The number of hydrogen-bond donors (Lipinski definition) is 2. The summed E-state index contributed by atoms with van der Waals surface area (Å²) in [5, 5.41) is 19.1. The van der Waals surface area contributed by atoms with Crippen LogP contribution >= 0.6 is 15.9 Å². The number of hydrogen-bond acceptors (Lipinski definition) is 6. The van der Waals surface area contributed by atoms with Crippen molar-refractivity contribution in [2.45, 2.75) is 37.9 Å². The van der Waals surface area contributed by atoms with Gasteiger partial charge in [-0.3, -0.25) is 0 Å². The molecule has 2 aliphatic heterocycles. The molecule has 2 saturated heterocycles. The Morgan fingerprint density at radius 2 is 1.33 bits per heavy atom. The van der Waals surface area contributed by atoms with Crippen molar-refractivity contribution in [3.05, 3.63) is 22.7 Å². The van der Waals surface area contributed by atoms with Gasteiger partial charge in [0.1, 0.15) is 11.5 Å². The molecule has 6 nitrogen and oxygen atoms in total. The van der Waals surface area contributed by atoms with E-state index in [1.165, 1.54) is 0 Å². The van der Waals surface area contributed by atoms with E-state index >= 15 is 0 Å². The van der Waals surface area contributed by atoms with Crippen LogP contribution in [-0.2, 0) is 0 Å². The molecule has 2 fully saturated rings. The zero-order chi connectivity index (χ0) is 19.1. The Labute approximate surface area is 170 Å². The van der Waals surface area contributed by atoms with Crippen molar-refractivity contribution in [3.63, 3.8) is 0 Å². The molecule has 0 spiro atoms. The van der Waals surface area contributed by atoms with E-state index in [2.05, 4.69) is 25.7 Å². The van der Waals surface area contributed by atoms with Gasteiger partial charge >= 0.3 is 0 Å². The number of rotatable bonds is 10. The van der Waals surface area contributed by atoms with Crippen LogP contribution < -0.4 is 9.47 Å². The van der Waals surface area contributed by atoms with Gasteiger partial charge in [0.05, 0.1) is 25.4 Å². The number of aliphatic hydroxyl groups is 2. The Bertz CT molecular complexity index is 543. The van der Waals surface area contributed by atoms with Gasteiger partial charge in [0.2, 0.25) is 0 Å². The quantitative estimate of drug-likeness (QED) is 0.541. The van der Waals surface area contributed by atoms with Crippen molar-refractivity contribution >= 4 is 15.9 Å². The molecular formula is C20H31BrN2O4. The van der Waals surface area contributed by atoms with Crippen molar-refractivity contribution in [2.75, 3.05) is 52.5 Å². The lowest BCUT2D eigenvalue weighted by atomic mass is 10.3. The van der Waals surface area contributed by atoms with Gasteiger partial charge in [-0.25, -0.2) is 0 Å². The first-order valence-electron chi connectivity index (χ1n) is 9.95. The maximum absolute atomic E-state index is 9.55. The zero-order valence-electron chi connectivity index (χ0n) is 15.9. The minimum absolute atomic E-state index is 0.161. The van der Waals surface area contributed by atoms with Crippen molar-refractivity contribution in [3.8, 4) is 11.5 Å². The van der Waals surface area contributed by atoms with Crippen LogP contribution in [0.1, 0.15) is 25.7 Å². The number of aliphatic hydroxyl groups excluding tert-OH is 2. The van der Waals surface area contributed by atoms with Gasteiger partial charge in [-0.2, -0.15) is 0 Å². The number of β-amino-alcohol motifs (C(OH)–C–C–N with tert-alkyl or cyclic N) is 2. The number of benzene rings is 1. The second-order valence-corrected chi connectivity index (χ2v) is 8.43. The lowest BCUT2D eigenvalue weighted by Crippen LogP contribution is -2.24. The van der Waals surface area contributed by atoms with E-state index < -0.39 is 0 Å². The molecule has 2 N–H and O–H groups in total. The average molecular weight is 443 g/mol. The summed E-state index contributed by atoms with van der Waals surface area (Å²) in [5.41, 5.74) is 0. The van der Waals surface area contributed by atoms with E-state index in [9.17, 15) is 10.2 Å². The molecule has 3 rings (SSSR count). The third-order valence-electron chi connectivity index (χ3n) is 5.11. The molecule has 1 aromatic carbocycles. The van der Waals surface area contributed by atoms with Crippen LogP contribution in [0.4, 0.5) is 0 Å². The topological polar surface area (TPSA) is 65.4 Å². The Hall–Kier alpha value is -0.860. The van der Waals surface area contributed by atoms with E-state index in [1.54, 1.807) is 0 Å². The fourth-order valence-electron chi connectivity index (χ4n) is 3.69. The van der Waals surface area contributed by atoms with Crippen LogP contribution in [0.5, 0.6) is 11.5 Å². The lowest BCUT2D eigenvalue weighted by Gasteiger charge is -2.16. The van der Waals surface area contributed by atoms with Gasteiger partial charge in [0.15, 0.2) is 0 Å². The molecule has 152 valence electrons. The minimum Gasteiger partial charge on any atom is -0.493 e. The van der Waals surface area contributed by atoms with Crippen molar-refractivity contribution < 1.29 is 19.7 Å². The largest absolute Gasteiger partial charge is 0.493 e. The summed E-state index contributed by atoms with van der Waals surface area (Å²) in [6.45, 7) is 6.74. The van der Waals surface area contributed by atoms with Gasteiger partial charge in [0, 0.05) is 49.8 Å². The molecule has 1 aromatic rings. The first-order chi connectivity index (χ1) is 13.1. The number of nitrogens with zero attached hydrogens (tertiary/aromatic N) is 2. The Kier molecular flexibility index (Phi) is 8.21. The summed E-state index contributed by atoms with van der Waals surface area (Å²) in [6.07, 6.45) is 3.32. The summed E-state index contributed by atoms with van der Waals surface area (Å²) in [7, 11) is 0. The van der Waals surface area contributed by atoms with Crippen molar-refractivity contribution in [1.82, 2.24) is 9.80 Å². The molecule has 0 aromatic heterocycles. The molecule has 0 unspecified atom stereocenters. The molecular weight excluding hydrogens is 412 g/mol. The first kappa shape index (κ1) is 20.9. The second kappa shape index (κ2) is 10.6. The average Bonchev–Trinajstić information content (AvgIpc) is 3.23. The number of halogens is 1. The standard InChI is InChI=1S/C20H31BrN2O4/c21-16-11-19(26-9-1-5-22-7-3-17(24)14-22)13-20(12-16)27-10-2-6-23-8-4-18(25)15-23/h11-13,17-18,24-25H,1-10,14-15H2/t17-,18-/m1/s1. The Morgan fingerprint density at radius 1 is 0.852 bits per heavy atom. The van der Waals surface area contributed by atoms with Gasteiger partial charge < -0.3 is 29.5 Å². The highest BCUT2D eigenvalue weighted by molar-refractivity contribution is 9.10. The Balaban J connectivity index is 1.34. The van der Waals surface area contributed by atoms with E-state index in [0.29, 0.717) is 13.2 Å². The van der Waals surface area contributed by atoms with Crippen LogP contribution in [0.15, 0.2) is 22.7 Å². The van der Waals surface area contributed by atoms with Gasteiger partial charge in [-0.15, -0.1) is 0 Å². The summed E-state index contributed by atoms with van der Waals surface area (Å²) in [5.74, 6) is 1.62. The summed E-state index contributed by atoms with van der Waals surface area (Å²) in [6, 6.07) is 5.85. The summed E-state index contributed by atoms with van der Waals surface area (Å²) < 4.78 is 12.7. The third-order valence-corrected chi connectivity index (χ3v) is 5.57. The highest BCUT2D eigenvalue weighted by atomic mass is 79.9. The van der Waals surface area contributed by atoms with Crippen LogP contribution in [0.25, 0.3) is 0 Å². The Morgan fingerprint density at radius 3 is 1.74 bits per heavy atom. The molecule has 0 saturated carbocycles. The SMILES string of the molecule is O[C@@H]1CCN(CCCOc2cc(Br)cc(OCCCN3CC[C@@H](O)C3)c2)C1. The maximum Gasteiger partial charge on any atom is 0.124 e. The highest BCUT2D eigenvalue weighted by Crippen LogP contribution is 2.26. The predicted octanol–water partition coefficient (Wildman–Crippen LogP) is 2.12. The summed E-state index contributed by atoms with van der Waals surface area (Å²) >= 11 is 3.52. The van der Waals surface area contributed by atoms with Crippen LogP contribution in [0.2, 0.25) is 0 Å². The fraction of sp³-hybridized carbons (Fsp3) is 0.700. The summed E-state index contributed by atoms with van der Waals surface area (Å²) in [4.78, 5) is 4.56. The number of likely N-dealkylation sites (tertiary alicyclic amines) is 2. The van der Waals surface area contributed by atoms with E-state index in [4.69, 9.17) is 9.47 Å². The van der Waals surface area contributed by atoms with Crippen LogP contribution in [-0.4, -0.2) is 84.7 Å². The van der Waals surface area contributed by atoms with Crippen molar-refractivity contribution in [1.29, 1.82) is 0 Å². The van der Waals surface area contributed by atoms with Gasteiger partial charge in [-0.05, 0) is 37.8 Å². The predicted molar refractivity (Wildman–Crippen MR) is 108 cm³/mol. The smallest absolute Gasteiger partial charge is 0.124 e. The third kappa shape index (κ3) is 7.23. The van der Waals surface area contributed by atoms with Crippen LogP contribution in [0, 0.1) is 0 Å². The van der Waals surface area contributed by atoms with Gasteiger partial charge in [0.25, 0.3) is 0 Å². The molecule has 0 aliphatic carbocycles. The molecule has 7 heteroatoms. The van der Waals surface area contributed by atoms with Crippen LogP contribution in [0.3, 0.4) is 0 Å². The molecule has 27 heavy (non-hydrogen) atoms. The van der Waals surface area contributed by atoms with Crippen molar-refractivity contribution in [2.24, 2.45) is 0 Å². The molecule has 0 bridgehead atoms. The maximum atomic E-state index is 9.55. The zero-order valence-corrected chi connectivity index (χ0v) is 17.4. The molecule has 0 radical (unpaired) electrons. The van der Waals surface area contributed by atoms with Gasteiger partial charge in [-0.1, -0.05) is 15.9 Å². The minimum atomic E-state index is -0.161. The van der Waals surface area contributed by atoms with E-state index in [-0.39, 0.29) is 12.2 Å². The highest BCUT2D eigenvalue weighted by Gasteiger charge is 2.20. The molecule has 2 heterocycles. The number of ether oxygens (including phenoxy) is 2. The first-order valence-corrected chi connectivity index (χ1v) is 10.7.